The summed E-state index contributed by atoms with van der Waals surface area (Å²) in [4.78, 5) is 12.8. The lowest BCUT2D eigenvalue weighted by Crippen LogP contribution is -2.23. The quantitative estimate of drug-likeness (QED) is 0.879. The molecule has 5 heteroatoms. The van der Waals surface area contributed by atoms with Gasteiger partial charge in [-0.3, -0.25) is 4.98 Å². The van der Waals surface area contributed by atoms with Crippen molar-refractivity contribution in [3.8, 4) is 0 Å². The second-order valence-electron chi connectivity index (χ2n) is 4.95. The Kier molecular flexibility index (Phi) is 3.27. The van der Waals surface area contributed by atoms with Gasteiger partial charge in [0.15, 0.2) is 0 Å². The van der Waals surface area contributed by atoms with Crippen LogP contribution in [0.4, 0.5) is 11.6 Å². The average Bonchev–Trinajstić information content (AvgIpc) is 2.46. The first-order valence-electron chi connectivity index (χ1n) is 6.53. The Hall–Kier alpha value is -2.17. The third kappa shape index (κ3) is 2.65. The lowest BCUT2D eigenvalue weighted by atomic mass is 9.98. The largest absolute Gasteiger partial charge is 0.369 e. The zero-order valence-electron chi connectivity index (χ0n) is 10.9. The fraction of sp³-hybridized carbons (Fsp3) is 0.357. The van der Waals surface area contributed by atoms with Crippen molar-refractivity contribution >= 4 is 11.6 Å². The molecule has 0 radical (unpaired) electrons. The summed E-state index contributed by atoms with van der Waals surface area (Å²) in [6.07, 6.45) is 6.26. The molecule has 3 heterocycles. The molecule has 1 atom stereocenters. The Bertz CT molecular complexity index is 555. The van der Waals surface area contributed by atoms with Crippen molar-refractivity contribution in [3.05, 3.63) is 42.0 Å². The van der Waals surface area contributed by atoms with E-state index in [0.29, 0.717) is 5.92 Å². The molecule has 2 aromatic heterocycles. The van der Waals surface area contributed by atoms with Crippen molar-refractivity contribution in [3.63, 3.8) is 0 Å². The fourth-order valence-corrected chi connectivity index (χ4v) is 2.29. The van der Waals surface area contributed by atoms with Gasteiger partial charge in [-0.1, -0.05) is 13.0 Å². The number of aromatic nitrogens is 3. The molecule has 2 aromatic rings. The average molecular weight is 255 g/mol. The summed E-state index contributed by atoms with van der Waals surface area (Å²) < 4.78 is 0. The van der Waals surface area contributed by atoms with E-state index in [9.17, 15) is 0 Å². The molecule has 0 spiro atoms. The van der Waals surface area contributed by atoms with Crippen LogP contribution in [0.15, 0.2) is 30.9 Å². The van der Waals surface area contributed by atoms with Crippen LogP contribution in [-0.2, 0) is 13.0 Å². The molecule has 2 N–H and O–H groups in total. The molecular formula is C14H17N5. The van der Waals surface area contributed by atoms with Crippen molar-refractivity contribution in [2.75, 3.05) is 17.2 Å². The number of nitrogens with one attached hydrogen (secondary N) is 2. The van der Waals surface area contributed by atoms with Gasteiger partial charge in [0.2, 0.25) is 0 Å². The van der Waals surface area contributed by atoms with E-state index in [1.165, 1.54) is 5.56 Å². The third-order valence-corrected chi connectivity index (χ3v) is 3.30. The Labute approximate surface area is 112 Å². The third-order valence-electron chi connectivity index (χ3n) is 3.30. The van der Waals surface area contributed by atoms with Gasteiger partial charge in [-0.2, -0.15) is 0 Å². The van der Waals surface area contributed by atoms with E-state index < -0.39 is 0 Å². The predicted octanol–water partition coefficient (Wildman–Crippen LogP) is 2.09. The Morgan fingerprint density at radius 1 is 1.42 bits per heavy atom. The first-order chi connectivity index (χ1) is 9.33. The molecule has 0 fully saturated rings. The predicted molar refractivity (Wildman–Crippen MR) is 75.0 cm³/mol. The molecule has 0 saturated carbocycles. The van der Waals surface area contributed by atoms with E-state index in [2.05, 4.69) is 38.6 Å². The summed E-state index contributed by atoms with van der Waals surface area (Å²) in [7, 11) is 0. The van der Waals surface area contributed by atoms with Crippen LogP contribution >= 0.6 is 0 Å². The van der Waals surface area contributed by atoms with E-state index in [4.69, 9.17) is 0 Å². The minimum atomic E-state index is 0.609. The van der Waals surface area contributed by atoms with Crippen molar-refractivity contribution in [2.45, 2.75) is 19.9 Å². The Morgan fingerprint density at radius 3 is 3.21 bits per heavy atom. The Balaban J connectivity index is 1.78. The topological polar surface area (TPSA) is 62.7 Å². The first-order valence-corrected chi connectivity index (χ1v) is 6.53. The maximum absolute atomic E-state index is 4.36. The number of anilines is 2. The van der Waals surface area contributed by atoms with Crippen LogP contribution in [0.25, 0.3) is 0 Å². The summed E-state index contributed by atoms with van der Waals surface area (Å²) in [5, 5.41) is 6.73. The molecule has 5 nitrogen and oxygen atoms in total. The molecule has 0 aromatic carbocycles. The molecule has 19 heavy (non-hydrogen) atoms. The SMILES string of the molecule is CC1CNc2ncnc(NCc3cccnc3)c2C1. The summed E-state index contributed by atoms with van der Waals surface area (Å²) >= 11 is 0. The van der Waals surface area contributed by atoms with Gasteiger partial charge in [-0.25, -0.2) is 9.97 Å². The standard InChI is InChI=1S/C14H17N5/c1-10-5-12-13(16-6-10)18-9-19-14(12)17-8-11-3-2-4-15-7-11/h2-4,7,9-10H,5-6,8H2,1H3,(H2,16,17,18,19). The lowest BCUT2D eigenvalue weighted by Gasteiger charge is -2.24. The maximum atomic E-state index is 4.36. The van der Waals surface area contributed by atoms with E-state index in [0.717, 1.165) is 36.7 Å². The van der Waals surface area contributed by atoms with E-state index in [1.54, 1.807) is 12.5 Å². The van der Waals surface area contributed by atoms with E-state index >= 15 is 0 Å². The van der Waals surface area contributed by atoms with Crippen molar-refractivity contribution in [2.24, 2.45) is 5.92 Å². The van der Waals surface area contributed by atoms with Crippen LogP contribution in [0.2, 0.25) is 0 Å². The maximum Gasteiger partial charge on any atom is 0.134 e. The van der Waals surface area contributed by atoms with E-state index in [1.807, 2.05) is 12.3 Å². The summed E-state index contributed by atoms with van der Waals surface area (Å²) in [5.74, 6) is 2.49. The van der Waals surface area contributed by atoms with Crippen molar-refractivity contribution in [1.82, 2.24) is 15.0 Å². The summed E-state index contributed by atoms with van der Waals surface area (Å²) in [6.45, 7) is 3.94. The molecule has 0 amide bonds. The van der Waals surface area contributed by atoms with Crippen LogP contribution in [0.3, 0.4) is 0 Å². The highest BCUT2D eigenvalue weighted by Gasteiger charge is 2.19. The lowest BCUT2D eigenvalue weighted by molar-refractivity contribution is 0.589. The van der Waals surface area contributed by atoms with Crippen LogP contribution in [0, 0.1) is 5.92 Å². The number of rotatable bonds is 3. The van der Waals surface area contributed by atoms with Gasteiger partial charge in [-0.05, 0) is 24.0 Å². The van der Waals surface area contributed by atoms with Crippen LogP contribution in [0.5, 0.6) is 0 Å². The van der Waals surface area contributed by atoms with Gasteiger partial charge in [0.1, 0.15) is 18.0 Å². The smallest absolute Gasteiger partial charge is 0.134 e. The number of hydrogen-bond acceptors (Lipinski definition) is 5. The molecule has 0 saturated heterocycles. The monoisotopic (exact) mass is 255 g/mol. The molecular weight excluding hydrogens is 238 g/mol. The highest BCUT2D eigenvalue weighted by Crippen LogP contribution is 2.27. The Morgan fingerprint density at radius 2 is 2.37 bits per heavy atom. The molecule has 3 rings (SSSR count). The minimum absolute atomic E-state index is 0.609. The first kappa shape index (κ1) is 11.9. The second-order valence-corrected chi connectivity index (χ2v) is 4.95. The van der Waals surface area contributed by atoms with Crippen LogP contribution in [0.1, 0.15) is 18.1 Å². The highest BCUT2D eigenvalue weighted by molar-refractivity contribution is 5.59. The molecule has 1 aliphatic rings. The molecule has 98 valence electrons. The number of fused-ring (bicyclic) bond motifs is 1. The van der Waals surface area contributed by atoms with Crippen LogP contribution in [-0.4, -0.2) is 21.5 Å². The second kappa shape index (κ2) is 5.22. The fourth-order valence-electron chi connectivity index (χ4n) is 2.29. The van der Waals surface area contributed by atoms with Crippen molar-refractivity contribution in [1.29, 1.82) is 0 Å². The molecule has 1 unspecified atom stereocenters. The zero-order valence-corrected chi connectivity index (χ0v) is 10.9. The minimum Gasteiger partial charge on any atom is -0.369 e. The number of pyridine rings is 1. The molecule has 1 aliphatic heterocycles. The van der Waals surface area contributed by atoms with Crippen LogP contribution < -0.4 is 10.6 Å². The van der Waals surface area contributed by atoms with Gasteiger partial charge in [0, 0.05) is 31.0 Å². The number of nitrogens with zero attached hydrogens (tertiary/aromatic N) is 3. The zero-order chi connectivity index (χ0) is 13.1. The highest BCUT2D eigenvalue weighted by atomic mass is 15.1. The van der Waals surface area contributed by atoms with Gasteiger partial charge in [-0.15, -0.1) is 0 Å². The van der Waals surface area contributed by atoms with Crippen molar-refractivity contribution < 1.29 is 0 Å². The van der Waals surface area contributed by atoms with Gasteiger partial charge in [0.25, 0.3) is 0 Å². The van der Waals surface area contributed by atoms with Gasteiger partial charge >= 0.3 is 0 Å². The molecule has 0 bridgehead atoms. The van der Waals surface area contributed by atoms with Gasteiger partial charge in [0.05, 0.1) is 0 Å². The normalized spacial score (nSPS) is 17.4. The van der Waals surface area contributed by atoms with E-state index in [-0.39, 0.29) is 0 Å². The summed E-state index contributed by atoms with van der Waals surface area (Å²) in [6, 6.07) is 3.99. The summed E-state index contributed by atoms with van der Waals surface area (Å²) in [5.41, 5.74) is 2.33. The number of hydrogen-bond donors (Lipinski definition) is 2. The molecule has 0 aliphatic carbocycles. The van der Waals surface area contributed by atoms with Gasteiger partial charge < -0.3 is 10.6 Å².